The van der Waals surface area contributed by atoms with Crippen LogP contribution < -0.4 is 4.72 Å². The lowest BCUT2D eigenvalue weighted by Crippen LogP contribution is -2.17. The van der Waals surface area contributed by atoms with Crippen molar-refractivity contribution in [3.63, 3.8) is 0 Å². The van der Waals surface area contributed by atoms with Gasteiger partial charge in [0.2, 0.25) is 10.0 Å². The maximum atomic E-state index is 11.5. The van der Waals surface area contributed by atoms with Crippen molar-refractivity contribution in [3.8, 4) is 5.69 Å². The number of halogens is 1. The predicted molar refractivity (Wildman–Crippen MR) is 69.5 cm³/mol. The molecule has 0 fully saturated rings. The molecule has 0 radical (unpaired) electrons. The lowest BCUT2D eigenvalue weighted by Gasteiger charge is -2.07. The van der Waals surface area contributed by atoms with Crippen LogP contribution in [0.3, 0.4) is 0 Å². The van der Waals surface area contributed by atoms with Gasteiger partial charge in [0.05, 0.1) is 23.8 Å². The van der Waals surface area contributed by atoms with E-state index in [2.05, 4.69) is 14.9 Å². The topological polar surface area (TPSA) is 76.9 Å². The third kappa shape index (κ3) is 3.21. The Hall–Kier alpha value is -1.60. The van der Waals surface area contributed by atoms with Gasteiger partial charge in [0, 0.05) is 11.6 Å². The van der Waals surface area contributed by atoms with Crippen LogP contribution in [-0.4, -0.2) is 35.0 Å². The highest BCUT2D eigenvalue weighted by Crippen LogP contribution is 2.13. The van der Waals surface area contributed by atoms with Gasteiger partial charge in [0.1, 0.15) is 0 Å². The van der Waals surface area contributed by atoms with E-state index in [1.807, 2.05) is 0 Å². The Labute approximate surface area is 110 Å². The number of alkyl halides is 1. The Morgan fingerprint density at radius 1 is 1.17 bits per heavy atom. The van der Waals surface area contributed by atoms with Crippen molar-refractivity contribution in [1.82, 2.24) is 15.0 Å². The first-order chi connectivity index (χ1) is 8.61. The minimum Gasteiger partial charge on any atom is -0.284 e. The molecule has 0 aliphatic heterocycles. The summed E-state index contributed by atoms with van der Waals surface area (Å²) < 4.78 is 25.4. The second-order valence-electron chi connectivity index (χ2n) is 3.48. The summed E-state index contributed by atoms with van der Waals surface area (Å²) in [5, 5.41) is 7.94. The maximum absolute atomic E-state index is 11.5. The summed E-state index contributed by atoms with van der Waals surface area (Å²) in [7, 11) is -3.37. The first-order valence-corrected chi connectivity index (χ1v) is 7.32. The van der Waals surface area contributed by atoms with Gasteiger partial charge in [-0.2, -0.15) is 15.0 Å². The molecule has 1 aromatic carbocycles. The molecule has 0 aliphatic rings. The van der Waals surface area contributed by atoms with E-state index in [1.165, 1.54) is 4.80 Å². The molecule has 18 heavy (non-hydrogen) atoms. The van der Waals surface area contributed by atoms with Gasteiger partial charge in [-0.25, -0.2) is 8.42 Å². The van der Waals surface area contributed by atoms with Gasteiger partial charge in [0.15, 0.2) is 0 Å². The number of sulfonamides is 1. The molecule has 2 rings (SSSR count). The highest BCUT2D eigenvalue weighted by molar-refractivity contribution is 7.92. The summed E-state index contributed by atoms with van der Waals surface area (Å²) in [6.07, 6.45) is 3.13. The maximum Gasteiger partial charge on any atom is 0.233 e. The van der Waals surface area contributed by atoms with Crippen molar-refractivity contribution >= 4 is 27.3 Å². The molecular weight excluding hydrogens is 276 g/mol. The Bertz CT molecular complexity index is 595. The molecule has 1 heterocycles. The molecule has 1 aromatic heterocycles. The molecule has 0 aliphatic carbocycles. The normalized spacial score (nSPS) is 11.4. The number of benzene rings is 1. The van der Waals surface area contributed by atoms with Crippen molar-refractivity contribution < 1.29 is 8.42 Å². The third-order valence-corrected chi connectivity index (χ3v) is 3.84. The predicted octanol–water partition coefficient (Wildman–Crippen LogP) is 1.25. The SMILES string of the molecule is O=S(=O)(CCCl)Nc1ccc(-n2nccn2)cc1. The first kappa shape index (κ1) is 12.8. The van der Waals surface area contributed by atoms with Gasteiger partial charge in [0.25, 0.3) is 0 Å². The van der Waals surface area contributed by atoms with Gasteiger partial charge in [-0.1, -0.05) is 0 Å². The third-order valence-electron chi connectivity index (χ3n) is 2.14. The summed E-state index contributed by atoms with van der Waals surface area (Å²) in [4.78, 5) is 1.44. The second kappa shape index (κ2) is 5.36. The van der Waals surface area contributed by atoms with Gasteiger partial charge < -0.3 is 0 Å². The average molecular weight is 287 g/mol. The van der Waals surface area contributed by atoms with Crippen LogP contribution in [0.5, 0.6) is 0 Å². The number of hydrogen-bond acceptors (Lipinski definition) is 4. The van der Waals surface area contributed by atoms with Crippen LogP contribution >= 0.6 is 11.6 Å². The van der Waals surface area contributed by atoms with E-state index in [0.29, 0.717) is 5.69 Å². The number of aromatic nitrogens is 3. The van der Waals surface area contributed by atoms with Gasteiger partial charge >= 0.3 is 0 Å². The smallest absolute Gasteiger partial charge is 0.233 e. The van der Waals surface area contributed by atoms with E-state index < -0.39 is 10.0 Å². The molecule has 0 amide bonds. The van der Waals surface area contributed by atoms with Crippen molar-refractivity contribution in [2.75, 3.05) is 16.4 Å². The Balaban J connectivity index is 2.14. The quantitative estimate of drug-likeness (QED) is 0.839. The molecule has 1 N–H and O–H groups in total. The number of nitrogens with zero attached hydrogens (tertiary/aromatic N) is 3. The monoisotopic (exact) mass is 286 g/mol. The van der Waals surface area contributed by atoms with Crippen LogP contribution in [0.25, 0.3) is 5.69 Å². The van der Waals surface area contributed by atoms with Crippen LogP contribution in [0.4, 0.5) is 5.69 Å². The average Bonchev–Trinajstić information content (AvgIpc) is 2.82. The second-order valence-corrected chi connectivity index (χ2v) is 5.70. The fourth-order valence-electron chi connectivity index (χ4n) is 1.34. The molecule has 96 valence electrons. The summed E-state index contributed by atoms with van der Waals surface area (Å²) in [5.74, 6) is -0.0539. The number of hydrogen-bond donors (Lipinski definition) is 1. The van der Waals surface area contributed by atoms with Crippen molar-refractivity contribution in [2.24, 2.45) is 0 Å². The minimum absolute atomic E-state index is 0.0601. The van der Waals surface area contributed by atoms with Crippen molar-refractivity contribution in [3.05, 3.63) is 36.7 Å². The van der Waals surface area contributed by atoms with E-state index in [4.69, 9.17) is 11.6 Å². The lowest BCUT2D eigenvalue weighted by atomic mass is 10.3. The summed E-state index contributed by atoms with van der Waals surface area (Å²) in [5.41, 5.74) is 1.23. The molecule has 0 atom stereocenters. The highest BCUT2D eigenvalue weighted by Gasteiger charge is 2.09. The van der Waals surface area contributed by atoms with E-state index in [9.17, 15) is 8.42 Å². The highest BCUT2D eigenvalue weighted by atomic mass is 35.5. The van der Waals surface area contributed by atoms with E-state index in [-0.39, 0.29) is 11.6 Å². The molecular formula is C10H11ClN4O2S. The summed E-state index contributed by atoms with van der Waals surface area (Å²) in [6.45, 7) is 0. The molecule has 0 unspecified atom stereocenters. The van der Waals surface area contributed by atoms with Crippen molar-refractivity contribution in [1.29, 1.82) is 0 Å². The standard InChI is InChI=1S/C10H11ClN4O2S/c11-5-8-18(16,17)14-9-1-3-10(4-2-9)15-12-6-7-13-15/h1-4,6-7,14H,5,8H2. The zero-order chi connectivity index (χ0) is 13.0. The van der Waals surface area contributed by atoms with E-state index in [0.717, 1.165) is 5.69 Å². The molecule has 2 aromatic rings. The minimum atomic E-state index is -3.37. The van der Waals surface area contributed by atoms with Gasteiger partial charge in [-0.05, 0) is 24.3 Å². The fourth-order valence-corrected chi connectivity index (χ4v) is 2.75. The van der Waals surface area contributed by atoms with E-state index in [1.54, 1.807) is 36.7 Å². The number of rotatable bonds is 5. The molecule has 0 saturated heterocycles. The summed E-state index contributed by atoms with van der Waals surface area (Å²) >= 11 is 5.41. The number of anilines is 1. The fraction of sp³-hybridized carbons (Fsp3) is 0.200. The van der Waals surface area contributed by atoms with Gasteiger partial charge in [-0.15, -0.1) is 11.6 Å². The van der Waals surface area contributed by atoms with Crippen LogP contribution in [0, 0.1) is 0 Å². The molecule has 0 bridgehead atoms. The number of nitrogens with one attached hydrogen (secondary N) is 1. The van der Waals surface area contributed by atoms with Crippen molar-refractivity contribution in [2.45, 2.75) is 0 Å². The Morgan fingerprint density at radius 2 is 1.78 bits per heavy atom. The lowest BCUT2D eigenvalue weighted by molar-refractivity contribution is 0.602. The van der Waals surface area contributed by atoms with Gasteiger partial charge in [-0.3, -0.25) is 4.72 Å². The van der Waals surface area contributed by atoms with Crippen LogP contribution in [-0.2, 0) is 10.0 Å². The molecule has 0 saturated carbocycles. The Kier molecular flexibility index (Phi) is 3.83. The molecule has 0 spiro atoms. The zero-order valence-electron chi connectivity index (χ0n) is 9.32. The first-order valence-electron chi connectivity index (χ1n) is 5.14. The Morgan fingerprint density at radius 3 is 2.33 bits per heavy atom. The largest absolute Gasteiger partial charge is 0.284 e. The van der Waals surface area contributed by atoms with Crippen LogP contribution in [0.1, 0.15) is 0 Å². The zero-order valence-corrected chi connectivity index (χ0v) is 10.9. The molecule has 6 nitrogen and oxygen atoms in total. The summed E-state index contributed by atoms with van der Waals surface area (Å²) in [6, 6.07) is 6.73. The van der Waals surface area contributed by atoms with Crippen LogP contribution in [0.15, 0.2) is 36.7 Å². The van der Waals surface area contributed by atoms with Crippen LogP contribution in [0.2, 0.25) is 0 Å². The molecule has 8 heteroatoms. The van der Waals surface area contributed by atoms with E-state index >= 15 is 0 Å².